The van der Waals surface area contributed by atoms with Crippen molar-refractivity contribution in [3.05, 3.63) is 64.1 Å². The van der Waals surface area contributed by atoms with Crippen LogP contribution in [0.4, 0.5) is 23.8 Å². The summed E-state index contributed by atoms with van der Waals surface area (Å²) in [7, 11) is 0. The minimum absolute atomic E-state index is 0.0692. The maximum absolute atomic E-state index is 13.4. The van der Waals surface area contributed by atoms with Crippen molar-refractivity contribution in [1.82, 2.24) is 14.5 Å². The molecule has 0 radical (unpaired) electrons. The van der Waals surface area contributed by atoms with E-state index in [-0.39, 0.29) is 23.9 Å². The van der Waals surface area contributed by atoms with E-state index in [4.69, 9.17) is 5.11 Å². The molecule has 1 aliphatic heterocycles. The quantitative estimate of drug-likeness (QED) is 0.656. The van der Waals surface area contributed by atoms with Crippen molar-refractivity contribution in [2.45, 2.75) is 25.6 Å². The second-order valence-corrected chi connectivity index (χ2v) is 7.45. The molecule has 1 amide bonds. The van der Waals surface area contributed by atoms with Crippen LogP contribution in [0.15, 0.2) is 47.3 Å². The highest BCUT2D eigenvalue weighted by Crippen LogP contribution is 2.33. The number of rotatable bonds is 3. The Balaban J connectivity index is 1.88. The van der Waals surface area contributed by atoms with Gasteiger partial charge in [-0.25, -0.2) is 9.59 Å². The van der Waals surface area contributed by atoms with Crippen molar-refractivity contribution in [3.63, 3.8) is 0 Å². The third-order valence-electron chi connectivity index (χ3n) is 5.38. The van der Waals surface area contributed by atoms with Crippen molar-refractivity contribution >= 4 is 22.8 Å². The number of nitrogens with zero attached hydrogens (tertiary/aromatic N) is 3. The zero-order valence-electron chi connectivity index (χ0n) is 16.5. The lowest BCUT2D eigenvalue weighted by molar-refractivity contribution is -0.137. The van der Waals surface area contributed by atoms with Crippen LogP contribution in [-0.2, 0) is 6.18 Å². The standard InChI is InChI=1S/C21H19F3N4O3/c1-12-4-2-3-5-16(12)28-17-10-13(21(22,23)24)6-7-15(17)18(26-19(28)29)25-14-8-9-27(11-14)20(30)31/h2-7,10,14H,8-9,11H2,1H3,(H,30,31)(H,25,26,29)/t14-/m1/s1. The van der Waals surface area contributed by atoms with Crippen LogP contribution in [0.3, 0.4) is 0 Å². The number of aromatic nitrogens is 2. The SMILES string of the molecule is Cc1ccccc1-n1c(=O)nc(N[C@@H]2CCN(C(=O)O)C2)c2ccc(C(F)(F)F)cc21. The molecule has 1 saturated heterocycles. The lowest BCUT2D eigenvalue weighted by Gasteiger charge is -2.19. The number of benzene rings is 2. The summed E-state index contributed by atoms with van der Waals surface area (Å²) < 4.78 is 41.4. The van der Waals surface area contributed by atoms with Crippen LogP contribution in [0.25, 0.3) is 16.6 Å². The Bertz CT molecular complexity index is 1220. The first-order valence-corrected chi connectivity index (χ1v) is 9.59. The Morgan fingerprint density at radius 1 is 1.23 bits per heavy atom. The Morgan fingerprint density at radius 2 is 1.97 bits per heavy atom. The minimum atomic E-state index is -4.58. The molecule has 2 heterocycles. The summed E-state index contributed by atoms with van der Waals surface area (Å²) >= 11 is 0. The molecule has 1 aromatic heterocycles. The fourth-order valence-electron chi connectivity index (χ4n) is 3.80. The molecule has 1 atom stereocenters. The smallest absolute Gasteiger partial charge is 0.416 e. The number of amides is 1. The maximum Gasteiger partial charge on any atom is 0.416 e. The predicted octanol–water partition coefficient (Wildman–Crippen LogP) is 3.88. The molecule has 162 valence electrons. The lowest BCUT2D eigenvalue weighted by atomic mass is 10.1. The maximum atomic E-state index is 13.4. The number of anilines is 1. The predicted molar refractivity (Wildman–Crippen MR) is 109 cm³/mol. The van der Waals surface area contributed by atoms with Crippen LogP contribution in [0.1, 0.15) is 17.5 Å². The third kappa shape index (κ3) is 3.92. The molecule has 10 heteroatoms. The number of alkyl halides is 3. The highest BCUT2D eigenvalue weighted by molar-refractivity contribution is 5.91. The number of fused-ring (bicyclic) bond motifs is 1. The fraction of sp³-hybridized carbons (Fsp3) is 0.286. The van der Waals surface area contributed by atoms with Crippen LogP contribution in [-0.4, -0.2) is 44.8 Å². The molecular formula is C21H19F3N4O3. The van der Waals surface area contributed by atoms with Gasteiger partial charge < -0.3 is 15.3 Å². The first-order chi connectivity index (χ1) is 14.6. The highest BCUT2D eigenvalue weighted by Gasteiger charge is 2.32. The number of hydrogen-bond donors (Lipinski definition) is 2. The summed E-state index contributed by atoms with van der Waals surface area (Å²) in [5.41, 5.74) is -0.388. The van der Waals surface area contributed by atoms with E-state index in [9.17, 15) is 22.8 Å². The van der Waals surface area contributed by atoms with Crippen molar-refractivity contribution in [3.8, 4) is 5.69 Å². The zero-order chi connectivity index (χ0) is 22.3. The Kier molecular flexibility index (Phi) is 5.08. The summed E-state index contributed by atoms with van der Waals surface area (Å²) in [5.74, 6) is 0.135. The average molecular weight is 432 g/mol. The summed E-state index contributed by atoms with van der Waals surface area (Å²) in [6.07, 6.45) is -5.13. The molecule has 31 heavy (non-hydrogen) atoms. The van der Waals surface area contributed by atoms with Crippen LogP contribution < -0.4 is 11.0 Å². The Morgan fingerprint density at radius 3 is 2.61 bits per heavy atom. The van der Waals surface area contributed by atoms with Crippen LogP contribution >= 0.6 is 0 Å². The summed E-state index contributed by atoms with van der Waals surface area (Å²) in [6, 6.07) is 9.73. The second-order valence-electron chi connectivity index (χ2n) is 7.45. The number of hydrogen-bond acceptors (Lipinski definition) is 4. The van der Waals surface area contributed by atoms with Gasteiger partial charge in [-0.05, 0) is 43.2 Å². The number of nitrogens with one attached hydrogen (secondary N) is 1. The van der Waals surface area contributed by atoms with Crippen molar-refractivity contribution in [2.75, 3.05) is 18.4 Å². The third-order valence-corrected chi connectivity index (χ3v) is 5.38. The van der Waals surface area contributed by atoms with Gasteiger partial charge in [-0.15, -0.1) is 0 Å². The molecule has 0 saturated carbocycles. The van der Waals surface area contributed by atoms with Gasteiger partial charge in [0.25, 0.3) is 0 Å². The molecule has 0 unspecified atom stereocenters. The monoisotopic (exact) mass is 432 g/mol. The minimum Gasteiger partial charge on any atom is -0.465 e. The van der Waals surface area contributed by atoms with Gasteiger partial charge in [-0.3, -0.25) is 4.57 Å². The fourth-order valence-corrected chi connectivity index (χ4v) is 3.80. The largest absolute Gasteiger partial charge is 0.465 e. The normalized spacial score (nSPS) is 16.6. The van der Waals surface area contributed by atoms with Crippen LogP contribution in [0.5, 0.6) is 0 Å². The van der Waals surface area contributed by atoms with Crippen molar-refractivity contribution in [1.29, 1.82) is 0 Å². The van der Waals surface area contributed by atoms with Gasteiger partial charge in [-0.2, -0.15) is 18.2 Å². The molecule has 0 aliphatic carbocycles. The molecule has 3 aromatic rings. The Hall–Kier alpha value is -3.56. The van der Waals surface area contributed by atoms with E-state index in [1.807, 2.05) is 0 Å². The molecule has 0 bridgehead atoms. The van der Waals surface area contributed by atoms with Gasteiger partial charge >= 0.3 is 18.0 Å². The number of carboxylic acid groups (broad SMARTS) is 1. The number of halogens is 3. The molecule has 2 N–H and O–H groups in total. The van der Waals surface area contributed by atoms with E-state index in [0.717, 1.165) is 12.1 Å². The molecular weight excluding hydrogens is 413 g/mol. The molecule has 0 spiro atoms. The number of para-hydroxylation sites is 1. The average Bonchev–Trinajstić information content (AvgIpc) is 3.17. The van der Waals surface area contributed by atoms with E-state index in [1.165, 1.54) is 15.5 Å². The molecule has 1 aliphatic rings. The number of likely N-dealkylation sites (tertiary alicyclic amines) is 1. The number of aryl methyl sites for hydroxylation is 1. The summed E-state index contributed by atoms with van der Waals surface area (Å²) in [5, 5.41) is 12.5. The van der Waals surface area contributed by atoms with Gasteiger partial charge in [0, 0.05) is 24.5 Å². The van der Waals surface area contributed by atoms with Crippen molar-refractivity contribution in [2.24, 2.45) is 0 Å². The first-order valence-electron chi connectivity index (χ1n) is 9.59. The molecule has 2 aromatic carbocycles. The molecule has 7 nitrogen and oxygen atoms in total. The van der Waals surface area contributed by atoms with Crippen LogP contribution in [0.2, 0.25) is 0 Å². The first kappa shape index (κ1) is 20.7. The van der Waals surface area contributed by atoms with E-state index in [0.29, 0.717) is 29.6 Å². The Labute approximate surface area is 174 Å². The molecule has 4 rings (SSSR count). The van der Waals surface area contributed by atoms with E-state index < -0.39 is 23.5 Å². The summed E-state index contributed by atoms with van der Waals surface area (Å²) in [6.45, 7) is 2.27. The second kappa shape index (κ2) is 7.60. The molecule has 1 fully saturated rings. The van der Waals surface area contributed by atoms with Crippen LogP contribution in [0, 0.1) is 6.92 Å². The van der Waals surface area contributed by atoms with Crippen molar-refractivity contribution < 1.29 is 23.1 Å². The summed E-state index contributed by atoms with van der Waals surface area (Å²) in [4.78, 5) is 29.4. The van der Waals surface area contributed by atoms with Gasteiger partial charge in [0.15, 0.2) is 0 Å². The highest BCUT2D eigenvalue weighted by atomic mass is 19.4. The van der Waals surface area contributed by atoms with E-state index >= 15 is 0 Å². The van der Waals surface area contributed by atoms with Gasteiger partial charge in [0.1, 0.15) is 5.82 Å². The number of carbonyl (C=O) groups is 1. The van der Waals surface area contributed by atoms with Gasteiger partial charge in [0.05, 0.1) is 16.8 Å². The van der Waals surface area contributed by atoms with Gasteiger partial charge in [0.2, 0.25) is 0 Å². The lowest BCUT2D eigenvalue weighted by Crippen LogP contribution is -2.31. The van der Waals surface area contributed by atoms with Gasteiger partial charge in [-0.1, -0.05) is 18.2 Å². The van der Waals surface area contributed by atoms with E-state index in [2.05, 4.69) is 10.3 Å². The topological polar surface area (TPSA) is 87.5 Å². The van der Waals surface area contributed by atoms with E-state index in [1.54, 1.807) is 31.2 Å². The zero-order valence-corrected chi connectivity index (χ0v) is 16.5.